The van der Waals surface area contributed by atoms with Gasteiger partial charge in [0.15, 0.2) is 0 Å². The Morgan fingerprint density at radius 2 is 1.64 bits per heavy atom. The third-order valence-electron chi connectivity index (χ3n) is 9.27. The Morgan fingerprint density at radius 1 is 0.905 bits per heavy atom. The van der Waals surface area contributed by atoms with Crippen molar-refractivity contribution in [1.82, 2.24) is 14.8 Å². The second-order valence-corrected chi connectivity index (χ2v) is 11.9. The van der Waals surface area contributed by atoms with Gasteiger partial charge in [0.25, 0.3) is 11.8 Å². The number of aromatic nitrogens is 1. The van der Waals surface area contributed by atoms with Crippen molar-refractivity contribution in [2.75, 3.05) is 11.9 Å². The van der Waals surface area contributed by atoms with E-state index in [1.807, 2.05) is 17.0 Å². The number of hydrogen-bond acceptors (Lipinski definition) is 4. The van der Waals surface area contributed by atoms with E-state index in [2.05, 4.69) is 47.1 Å². The molecule has 0 saturated carbocycles. The van der Waals surface area contributed by atoms with Crippen LogP contribution >= 0.6 is 0 Å². The molecular weight excluding hydrogens is 524 g/mol. The molecule has 214 valence electrons. The molecule has 3 aliphatic rings. The Balaban J connectivity index is 1.32. The molecule has 4 aromatic rings. The zero-order valence-corrected chi connectivity index (χ0v) is 24.2. The molecule has 0 bridgehead atoms. The molecule has 3 aliphatic heterocycles. The van der Waals surface area contributed by atoms with Crippen molar-refractivity contribution in [1.29, 1.82) is 0 Å². The van der Waals surface area contributed by atoms with Gasteiger partial charge in [-0.25, -0.2) is 0 Å². The largest absolute Gasteiger partial charge is 0.508 e. The summed E-state index contributed by atoms with van der Waals surface area (Å²) < 4.78 is 2.28. The Morgan fingerprint density at radius 3 is 2.43 bits per heavy atom. The summed E-state index contributed by atoms with van der Waals surface area (Å²) in [4.78, 5) is 32.0. The van der Waals surface area contributed by atoms with Crippen molar-refractivity contribution in [3.63, 3.8) is 0 Å². The van der Waals surface area contributed by atoms with E-state index in [9.17, 15) is 14.7 Å². The zero-order chi connectivity index (χ0) is 29.0. The Labute approximate surface area is 246 Å². The summed E-state index contributed by atoms with van der Waals surface area (Å²) in [5.74, 6) is 0.120. The van der Waals surface area contributed by atoms with Gasteiger partial charge in [0, 0.05) is 67.5 Å². The van der Waals surface area contributed by atoms with Crippen molar-refractivity contribution in [2.24, 2.45) is 0 Å². The SMILES string of the molecule is C[C@@H]1Cc2ccccc2CN1C(=O)c1cc2c(cc1-c1cc(C(=O)N(C)c3ccc(O)cc3)c3n1CCCC3)CNC2. The predicted molar refractivity (Wildman–Crippen MR) is 164 cm³/mol. The van der Waals surface area contributed by atoms with Crippen LogP contribution in [0.25, 0.3) is 11.3 Å². The van der Waals surface area contributed by atoms with Gasteiger partial charge in [-0.15, -0.1) is 0 Å². The molecular formula is C35H36N4O3. The van der Waals surface area contributed by atoms with Crippen molar-refractivity contribution in [2.45, 2.75) is 64.8 Å². The average molecular weight is 561 g/mol. The quantitative estimate of drug-likeness (QED) is 0.338. The number of amides is 2. The topological polar surface area (TPSA) is 77.8 Å². The van der Waals surface area contributed by atoms with Gasteiger partial charge in [-0.1, -0.05) is 24.3 Å². The van der Waals surface area contributed by atoms with Crippen LogP contribution in [0.1, 0.15) is 68.4 Å². The summed E-state index contributed by atoms with van der Waals surface area (Å²) in [5.41, 5.74) is 9.88. The first kappa shape index (κ1) is 26.5. The van der Waals surface area contributed by atoms with Crippen molar-refractivity contribution in [3.05, 3.63) is 106 Å². The molecule has 0 aliphatic carbocycles. The molecule has 42 heavy (non-hydrogen) atoms. The minimum Gasteiger partial charge on any atom is -0.508 e. The first-order valence-electron chi connectivity index (χ1n) is 14.9. The van der Waals surface area contributed by atoms with Crippen LogP contribution < -0.4 is 10.2 Å². The molecule has 2 N–H and O–H groups in total. The summed E-state index contributed by atoms with van der Waals surface area (Å²) in [7, 11) is 1.77. The van der Waals surface area contributed by atoms with E-state index in [0.717, 1.165) is 62.3 Å². The Bertz CT molecular complexity index is 1700. The fourth-order valence-corrected chi connectivity index (χ4v) is 6.90. The number of rotatable bonds is 4. The van der Waals surface area contributed by atoms with Crippen LogP contribution in [-0.2, 0) is 39.0 Å². The molecule has 1 aromatic heterocycles. The number of anilines is 1. The predicted octanol–water partition coefficient (Wildman–Crippen LogP) is 5.66. The molecule has 7 rings (SSSR count). The Hall–Kier alpha value is -4.36. The minimum atomic E-state index is -0.0884. The van der Waals surface area contributed by atoms with Gasteiger partial charge >= 0.3 is 0 Å². The lowest BCUT2D eigenvalue weighted by atomic mass is 9.92. The van der Waals surface area contributed by atoms with Crippen LogP contribution in [0.3, 0.4) is 0 Å². The Kier molecular flexibility index (Phi) is 6.62. The highest BCUT2D eigenvalue weighted by Gasteiger charge is 2.32. The van der Waals surface area contributed by atoms with E-state index in [1.54, 1.807) is 36.2 Å². The molecule has 0 unspecified atom stereocenters. The number of nitrogens with one attached hydrogen (secondary N) is 1. The zero-order valence-electron chi connectivity index (χ0n) is 24.2. The number of carbonyl (C=O) groups is 2. The highest BCUT2D eigenvalue weighted by Crippen LogP contribution is 2.37. The average Bonchev–Trinajstić information content (AvgIpc) is 3.64. The maximum Gasteiger partial charge on any atom is 0.259 e. The molecule has 3 aromatic carbocycles. The molecule has 7 nitrogen and oxygen atoms in total. The van der Waals surface area contributed by atoms with Gasteiger partial charge in [-0.2, -0.15) is 0 Å². The number of nitrogens with zero attached hydrogens (tertiary/aromatic N) is 3. The van der Waals surface area contributed by atoms with Crippen LogP contribution in [0.15, 0.2) is 66.7 Å². The van der Waals surface area contributed by atoms with E-state index in [-0.39, 0.29) is 23.6 Å². The number of benzene rings is 3. The lowest BCUT2D eigenvalue weighted by molar-refractivity contribution is 0.0658. The number of phenolic OH excluding ortho intramolecular Hbond substituents is 1. The van der Waals surface area contributed by atoms with Crippen molar-refractivity contribution < 1.29 is 14.7 Å². The van der Waals surface area contributed by atoms with Gasteiger partial charge in [-0.05, 0) is 97.3 Å². The summed E-state index contributed by atoms with van der Waals surface area (Å²) >= 11 is 0. The van der Waals surface area contributed by atoms with Gasteiger partial charge in [-0.3, -0.25) is 9.59 Å². The minimum absolute atomic E-state index is 0.0437. The van der Waals surface area contributed by atoms with Gasteiger partial charge in [0.05, 0.1) is 5.56 Å². The number of fused-ring (bicyclic) bond motifs is 3. The monoisotopic (exact) mass is 560 g/mol. The van der Waals surface area contributed by atoms with Gasteiger partial charge in [0.1, 0.15) is 5.75 Å². The number of hydrogen-bond donors (Lipinski definition) is 2. The molecule has 1 atom stereocenters. The standard InChI is InChI=1S/C35H36N4O3/c1-22-15-23-7-3-4-8-24(23)21-39(22)35(42)30-17-26-20-36-19-25(26)16-29(30)33-18-31(32-9-5-6-14-38(32)33)34(41)37(2)27-10-12-28(40)13-11-27/h3-4,7-8,10-13,16-18,22,36,40H,5-6,9,14-15,19-21H2,1-2H3/t22-/m1/s1. The molecule has 0 fully saturated rings. The maximum atomic E-state index is 14.4. The summed E-state index contributed by atoms with van der Waals surface area (Å²) in [6.07, 6.45) is 3.72. The highest BCUT2D eigenvalue weighted by atomic mass is 16.3. The summed E-state index contributed by atoms with van der Waals surface area (Å²) in [6, 6.07) is 21.5. The van der Waals surface area contributed by atoms with Crippen molar-refractivity contribution in [3.8, 4) is 17.0 Å². The molecule has 0 spiro atoms. The number of carbonyl (C=O) groups excluding carboxylic acids is 2. The number of aromatic hydroxyl groups is 1. The van der Waals surface area contributed by atoms with Crippen molar-refractivity contribution >= 4 is 17.5 Å². The fraction of sp³-hybridized carbons (Fsp3) is 0.314. The molecule has 4 heterocycles. The third-order valence-corrected chi connectivity index (χ3v) is 9.27. The summed E-state index contributed by atoms with van der Waals surface area (Å²) in [6.45, 7) is 5.07. The summed E-state index contributed by atoms with van der Waals surface area (Å²) in [5, 5.41) is 13.2. The smallest absolute Gasteiger partial charge is 0.259 e. The normalized spacial score (nSPS) is 17.4. The molecule has 2 amide bonds. The second kappa shape index (κ2) is 10.5. The van der Waals surface area contributed by atoms with E-state index < -0.39 is 0 Å². The highest BCUT2D eigenvalue weighted by molar-refractivity contribution is 6.08. The van der Waals surface area contributed by atoms with Crippen LogP contribution in [0, 0.1) is 0 Å². The lowest BCUT2D eigenvalue weighted by Crippen LogP contribution is -2.42. The lowest BCUT2D eigenvalue weighted by Gasteiger charge is -2.35. The maximum absolute atomic E-state index is 14.4. The fourth-order valence-electron chi connectivity index (χ4n) is 6.90. The van der Waals surface area contributed by atoms with Crippen LogP contribution in [0.4, 0.5) is 5.69 Å². The van der Waals surface area contributed by atoms with E-state index >= 15 is 0 Å². The van der Waals surface area contributed by atoms with E-state index in [4.69, 9.17) is 0 Å². The first-order chi connectivity index (χ1) is 20.4. The first-order valence-corrected chi connectivity index (χ1v) is 14.9. The van der Waals surface area contributed by atoms with Crippen LogP contribution in [0.2, 0.25) is 0 Å². The number of phenols is 1. The second-order valence-electron chi connectivity index (χ2n) is 11.9. The van der Waals surface area contributed by atoms with Crippen LogP contribution in [-0.4, -0.2) is 39.5 Å². The molecule has 0 radical (unpaired) electrons. The van der Waals surface area contributed by atoms with Gasteiger partial charge in [0.2, 0.25) is 0 Å². The third kappa shape index (κ3) is 4.49. The van der Waals surface area contributed by atoms with E-state index in [1.165, 1.54) is 22.3 Å². The van der Waals surface area contributed by atoms with Crippen LogP contribution in [0.5, 0.6) is 5.75 Å². The molecule has 7 heteroatoms. The van der Waals surface area contributed by atoms with Gasteiger partial charge < -0.3 is 24.8 Å². The van der Waals surface area contributed by atoms with E-state index in [0.29, 0.717) is 23.4 Å². The molecule has 0 saturated heterocycles.